The lowest BCUT2D eigenvalue weighted by molar-refractivity contribution is -0.148. The van der Waals surface area contributed by atoms with E-state index >= 15 is 0 Å². The van der Waals surface area contributed by atoms with Gasteiger partial charge in [0.25, 0.3) is 0 Å². The zero-order valence-corrected chi connectivity index (χ0v) is 18.5. The number of nitrogens with zero attached hydrogens (tertiary/aromatic N) is 2. The summed E-state index contributed by atoms with van der Waals surface area (Å²) in [5, 5.41) is 20.0. The Morgan fingerprint density at radius 2 is 2.00 bits per heavy atom. The van der Waals surface area contributed by atoms with Crippen LogP contribution in [0.4, 0.5) is 0 Å². The Morgan fingerprint density at radius 3 is 2.57 bits per heavy atom. The van der Waals surface area contributed by atoms with Crippen molar-refractivity contribution in [3.05, 3.63) is 0 Å². The normalized spacial score (nSPS) is 36.8. The van der Waals surface area contributed by atoms with Crippen molar-refractivity contribution in [2.75, 3.05) is 19.8 Å². The van der Waals surface area contributed by atoms with Gasteiger partial charge in [0.2, 0.25) is 15.9 Å². The van der Waals surface area contributed by atoms with Gasteiger partial charge in [-0.05, 0) is 48.9 Å². The average Bonchev–Trinajstić information content (AvgIpc) is 2.60. The molecule has 2 fully saturated rings. The highest BCUT2D eigenvalue weighted by Gasteiger charge is 2.54. The maximum Gasteiger partial charge on any atom is 0.225 e. The molecule has 0 bridgehead atoms. The van der Waals surface area contributed by atoms with Crippen molar-refractivity contribution in [1.82, 2.24) is 9.62 Å². The average molecular weight is 414 g/mol. The summed E-state index contributed by atoms with van der Waals surface area (Å²) in [6, 6.07) is 1.86. The van der Waals surface area contributed by atoms with E-state index in [1.807, 2.05) is 13.8 Å². The molecule has 0 aromatic heterocycles. The lowest BCUT2D eigenvalue weighted by Gasteiger charge is -2.56. The van der Waals surface area contributed by atoms with Crippen LogP contribution in [0.1, 0.15) is 52.9 Å². The lowest BCUT2D eigenvalue weighted by atomic mass is 9.52. The number of amides is 1. The molecule has 0 heterocycles. The van der Waals surface area contributed by atoms with Crippen LogP contribution >= 0.6 is 0 Å². The van der Waals surface area contributed by atoms with Crippen molar-refractivity contribution in [1.29, 1.82) is 5.26 Å². The van der Waals surface area contributed by atoms with Gasteiger partial charge in [0, 0.05) is 25.6 Å². The Bertz CT molecular complexity index is 719. The van der Waals surface area contributed by atoms with E-state index < -0.39 is 16.1 Å². The zero-order chi connectivity index (χ0) is 21.3. The maximum absolute atomic E-state index is 12.8. The summed E-state index contributed by atoms with van der Waals surface area (Å²) >= 11 is 0. The van der Waals surface area contributed by atoms with Crippen LogP contribution < -0.4 is 4.72 Å². The predicted octanol–water partition coefficient (Wildman–Crippen LogP) is 1.74. The fourth-order valence-electron chi connectivity index (χ4n) is 5.59. The van der Waals surface area contributed by atoms with Crippen LogP contribution in [-0.2, 0) is 14.8 Å². The Morgan fingerprint density at radius 1 is 1.39 bits per heavy atom. The molecule has 2 N–H and O–H groups in total. The van der Waals surface area contributed by atoms with E-state index in [9.17, 15) is 18.3 Å². The summed E-state index contributed by atoms with van der Waals surface area (Å²) in [6.45, 7) is 6.46. The fourth-order valence-corrected chi connectivity index (χ4v) is 6.48. The van der Waals surface area contributed by atoms with E-state index in [-0.39, 0.29) is 41.0 Å². The van der Waals surface area contributed by atoms with Crippen LogP contribution in [0.3, 0.4) is 0 Å². The van der Waals surface area contributed by atoms with Gasteiger partial charge >= 0.3 is 0 Å². The molecule has 2 rings (SSSR count). The molecule has 7 nitrogen and oxygen atoms in total. The highest BCUT2D eigenvalue weighted by atomic mass is 32.2. The first-order valence-corrected chi connectivity index (χ1v) is 12.1. The van der Waals surface area contributed by atoms with E-state index in [0.29, 0.717) is 13.0 Å². The van der Waals surface area contributed by atoms with Crippen molar-refractivity contribution < 1.29 is 18.3 Å². The molecular formula is C20H35N3O4S. The summed E-state index contributed by atoms with van der Waals surface area (Å²) in [5.41, 5.74) is -0.0412. The summed E-state index contributed by atoms with van der Waals surface area (Å²) in [7, 11) is -1.61. The van der Waals surface area contributed by atoms with Gasteiger partial charge in [0.15, 0.2) is 0 Å². The molecule has 0 aromatic carbocycles. The standard InChI is InChI=1S/C20H35N3O4S/c1-13(19(25)23(4)12-6-11-21)15-7-9-20(3)10-8-16(22-28(5,26)27)14(2)17(20)18(15)24/h13-18,22,24H,6-10,12H2,1-5H3/t13-,14+,15?,16-,17+,18-,20-/m0/s1. The summed E-state index contributed by atoms with van der Waals surface area (Å²) in [5.74, 6) is -0.603. The molecule has 2 saturated carbocycles. The second-order valence-corrected chi connectivity index (χ2v) is 11.0. The van der Waals surface area contributed by atoms with Crippen molar-refractivity contribution in [3.63, 3.8) is 0 Å². The number of sulfonamides is 1. The highest BCUT2D eigenvalue weighted by Crippen LogP contribution is 2.55. The van der Waals surface area contributed by atoms with E-state index in [1.54, 1.807) is 11.9 Å². The largest absolute Gasteiger partial charge is 0.392 e. The topological polar surface area (TPSA) is 110 Å². The zero-order valence-electron chi connectivity index (χ0n) is 17.7. The van der Waals surface area contributed by atoms with E-state index in [2.05, 4.69) is 17.7 Å². The number of nitriles is 1. The van der Waals surface area contributed by atoms with Crippen LogP contribution in [-0.4, -0.2) is 56.3 Å². The van der Waals surface area contributed by atoms with Crippen molar-refractivity contribution in [2.45, 2.75) is 65.0 Å². The van der Waals surface area contributed by atoms with Gasteiger partial charge < -0.3 is 10.0 Å². The predicted molar refractivity (Wildman–Crippen MR) is 108 cm³/mol. The molecule has 0 spiro atoms. The number of hydrogen-bond acceptors (Lipinski definition) is 5. The Kier molecular flexibility index (Phi) is 7.17. The molecule has 2 aliphatic carbocycles. The quantitative estimate of drug-likeness (QED) is 0.689. The number of carbonyl (C=O) groups is 1. The van der Waals surface area contributed by atoms with Gasteiger partial charge in [-0.25, -0.2) is 13.1 Å². The fraction of sp³-hybridized carbons (Fsp3) is 0.900. The third-order valence-electron chi connectivity index (χ3n) is 7.22. The first kappa shape index (κ1) is 23.1. The Balaban J connectivity index is 2.18. The first-order valence-electron chi connectivity index (χ1n) is 10.2. The first-order chi connectivity index (χ1) is 12.9. The Labute approximate surface area is 169 Å². The molecule has 7 atom stereocenters. The van der Waals surface area contributed by atoms with Gasteiger partial charge in [-0.1, -0.05) is 20.8 Å². The molecular weight excluding hydrogens is 378 g/mol. The second-order valence-electron chi connectivity index (χ2n) is 9.22. The van der Waals surface area contributed by atoms with Gasteiger partial charge in [0.05, 0.1) is 24.8 Å². The van der Waals surface area contributed by atoms with E-state index in [0.717, 1.165) is 25.7 Å². The van der Waals surface area contributed by atoms with E-state index in [4.69, 9.17) is 5.26 Å². The molecule has 0 aliphatic heterocycles. The molecule has 28 heavy (non-hydrogen) atoms. The Hall–Kier alpha value is -1.17. The number of aliphatic hydroxyl groups is 1. The second kappa shape index (κ2) is 8.68. The van der Waals surface area contributed by atoms with Gasteiger partial charge in [-0.15, -0.1) is 0 Å². The lowest BCUT2D eigenvalue weighted by Crippen LogP contribution is -2.58. The molecule has 2 aliphatic rings. The minimum absolute atomic E-state index is 0.00936. The number of nitrogens with one attached hydrogen (secondary N) is 1. The molecule has 160 valence electrons. The minimum Gasteiger partial charge on any atom is -0.392 e. The minimum atomic E-state index is -3.31. The van der Waals surface area contributed by atoms with E-state index in [1.165, 1.54) is 6.26 Å². The number of rotatable bonds is 6. The van der Waals surface area contributed by atoms with Crippen molar-refractivity contribution in [2.24, 2.45) is 29.1 Å². The maximum atomic E-state index is 12.8. The van der Waals surface area contributed by atoms with Gasteiger partial charge in [-0.3, -0.25) is 4.79 Å². The monoisotopic (exact) mass is 413 g/mol. The van der Waals surface area contributed by atoms with Gasteiger partial charge in [0.1, 0.15) is 0 Å². The smallest absolute Gasteiger partial charge is 0.225 e. The van der Waals surface area contributed by atoms with Crippen LogP contribution in [0.5, 0.6) is 0 Å². The van der Waals surface area contributed by atoms with Crippen LogP contribution in [0, 0.1) is 40.4 Å². The molecule has 1 unspecified atom stereocenters. The third-order valence-corrected chi connectivity index (χ3v) is 7.95. The van der Waals surface area contributed by atoms with Gasteiger partial charge in [-0.2, -0.15) is 5.26 Å². The number of carbonyl (C=O) groups excluding carboxylic acids is 1. The number of fused-ring (bicyclic) bond motifs is 1. The van der Waals surface area contributed by atoms with Crippen LogP contribution in [0.25, 0.3) is 0 Å². The van der Waals surface area contributed by atoms with Crippen molar-refractivity contribution >= 4 is 15.9 Å². The van der Waals surface area contributed by atoms with Crippen LogP contribution in [0.2, 0.25) is 0 Å². The van der Waals surface area contributed by atoms with Crippen molar-refractivity contribution in [3.8, 4) is 6.07 Å². The molecule has 1 amide bonds. The molecule has 0 radical (unpaired) electrons. The summed E-state index contributed by atoms with van der Waals surface area (Å²) < 4.78 is 26.2. The summed E-state index contributed by atoms with van der Waals surface area (Å²) in [6.07, 6.45) is 4.15. The molecule has 0 aromatic rings. The molecule has 0 saturated heterocycles. The van der Waals surface area contributed by atoms with Crippen LogP contribution in [0.15, 0.2) is 0 Å². The third kappa shape index (κ3) is 4.87. The number of hydrogen-bond donors (Lipinski definition) is 2. The highest BCUT2D eigenvalue weighted by molar-refractivity contribution is 7.88. The SMILES string of the molecule is C[C@H]1[C@@H]2[C@@H](O)C([C@H](C)C(=O)N(C)CCC#N)CC[C@@]2(C)CC[C@@H]1NS(C)(=O)=O. The molecule has 8 heteroatoms. The summed E-state index contributed by atoms with van der Waals surface area (Å²) in [4.78, 5) is 14.4. The number of aliphatic hydroxyl groups excluding tert-OH is 1.